The van der Waals surface area contributed by atoms with Gasteiger partial charge in [0.25, 0.3) is 0 Å². The van der Waals surface area contributed by atoms with Crippen molar-refractivity contribution >= 4 is 11.6 Å². The molecule has 0 bridgehead atoms. The number of rotatable bonds is 5. The van der Waals surface area contributed by atoms with Crippen LogP contribution in [0.15, 0.2) is 18.2 Å². The lowest BCUT2D eigenvalue weighted by Crippen LogP contribution is -2.57. The van der Waals surface area contributed by atoms with E-state index < -0.39 is 0 Å². The van der Waals surface area contributed by atoms with E-state index in [1.165, 1.54) is 0 Å². The summed E-state index contributed by atoms with van der Waals surface area (Å²) in [5.41, 5.74) is 0.692. The van der Waals surface area contributed by atoms with Gasteiger partial charge in [0.15, 0.2) is 0 Å². The molecule has 1 heterocycles. The molecule has 1 aromatic rings. The molecule has 0 aliphatic carbocycles. The summed E-state index contributed by atoms with van der Waals surface area (Å²) in [6.07, 6.45) is 1.08. The smallest absolute Gasteiger partial charge is 0.146 e. The van der Waals surface area contributed by atoms with Crippen molar-refractivity contribution in [2.75, 3.05) is 19.6 Å². The topological polar surface area (TPSA) is 15.3 Å². The minimum absolute atomic E-state index is 0.214. The van der Waals surface area contributed by atoms with Gasteiger partial charge < -0.3 is 5.32 Å². The monoisotopic (exact) mass is 256 g/mol. The molecular formula is C13H18ClFN2. The molecule has 1 N–H and O–H groups in total. The van der Waals surface area contributed by atoms with Gasteiger partial charge in [-0.05, 0) is 19.0 Å². The molecule has 0 atom stereocenters. The van der Waals surface area contributed by atoms with Crippen LogP contribution in [-0.2, 0) is 6.54 Å². The van der Waals surface area contributed by atoms with Gasteiger partial charge in [-0.3, -0.25) is 4.90 Å². The maximum atomic E-state index is 13.8. The number of hydrogen-bond donors (Lipinski definition) is 1. The summed E-state index contributed by atoms with van der Waals surface area (Å²) in [4.78, 5) is 2.32. The lowest BCUT2D eigenvalue weighted by molar-refractivity contribution is 0.136. The minimum atomic E-state index is -0.275. The van der Waals surface area contributed by atoms with Crippen molar-refractivity contribution in [1.82, 2.24) is 10.2 Å². The lowest BCUT2D eigenvalue weighted by atomic mass is 10.1. The highest BCUT2D eigenvalue weighted by molar-refractivity contribution is 6.30. The quantitative estimate of drug-likeness (QED) is 0.871. The molecule has 1 aromatic carbocycles. The molecule has 0 amide bonds. The van der Waals surface area contributed by atoms with Crippen molar-refractivity contribution in [3.63, 3.8) is 0 Å². The highest BCUT2D eigenvalue weighted by Crippen LogP contribution is 2.20. The van der Waals surface area contributed by atoms with Crippen molar-refractivity contribution in [2.45, 2.75) is 25.9 Å². The summed E-state index contributed by atoms with van der Waals surface area (Å²) in [5, 5.41) is 3.46. The van der Waals surface area contributed by atoms with Gasteiger partial charge in [-0.25, -0.2) is 4.39 Å². The molecule has 1 saturated heterocycles. The Bertz CT molecular complexity index is 380. The Hall–Kier alpha value is -0.640. The third-order valence-electron chi connectivity index (χ3n) is 3.19. The lowest BCUT2D eigenvalue weighted by Gasteiger charge is -2.38. The average Bonchev–Trinajstić information content (AvgIpc) is 2.22. The molecule has 1 aliphatic rings. The maximum Gasteiger partial charge on any atom is 0.146 e. The zero-order chi connectivity index (χ0) is 12.3. The van der Waals surface area contributed by atoms with E-state index in [4.69, 9.17) is 11.6 Å². The highest BCUT2D eigenvalue weighted by Gasteiger charge is 2.24. The number of nitrogens with zero attached hydrogens (tertiary/aromatic N) is 1. The van der Waals surface area contributed by atoms with Gasteiger partial charge in [0, 0.05) is 31.2 Å². The minimum Gasteiger partial charge on any atom is -0.314 e. The predicted molar refractivity (Wildman–Crippen MR) is 68.8 cm³/mol. The molecule has 17 heavy (non-hydrogen) atoms. The molecule has 2 rings (SSSR count). The van der Waals surface area contributed by atoms with Crippen molar-refractivity contribution in [2.24, 2.45) is 0 Å². The van der Waals surface area contributed by atoms with E-state index >= 15 is 0 Å². The summed E-state index contributed by atoms with van der Waals surface area (Å²) >= 11 is 5.80. The molecule has 2 nitrogen and oxygen atoms in total. The Morgan fingerprint density at radius 3 is 2.82 bits per heavy atom. The van der Waals surface area contributed by atoms with E-state index in [-0.39, 0.29) is 10.8 Å². The third-order valence-corrected chi connectivity index (χ3v) is 3.48. The summed E-state index contributed by atoms with van der Waals surface area (Å²) in [6, 6.07) is 5.75. The SMILES string of the molecule is CCCN(Cc1cccc(Cl)c1F)C1CNC1. The van der Waals surface area contributed by atoms with Crippen LogP contribution in [0.5, 0.6) is 0 Å². The fourth-order valence-corrected chi connectivity index (χ4v) is 2.29. The van der Waals surface area contributed by atoms with E-state index in [0.29, 0.717) is 18.2 Å². The van der Waals surface area contributed by atoms with Crippen LogP contribution in [0.4, 0.5) is 4.39 Å². The first-order valence-corrected chi connectivity index (χ1v) is 6.47. The Morgan fingerprint density at radius 2 is 2.24 bits per heavy atom. The number of nitrogens with one attached hydrogen (secondary N) is 1. The fourth-order valence-electron chi connectivity index (χ4n) is 2.10. The summed E-state index contributed by atoms with van der Waals surface area (Å²) in [7, 11) is 0. The van der Waals surface area contributed by atoms with E-state index in [1.807, 2.05) is 12.1 Å². The number of hydrogen-bond acceptors (Lipinski definition) is 2. The highest BCUT2D eigenvalue weighted by atomic mass is 35.5. The van der Waals surface area contributed by atoms with Crippen LogP contribution < -0.4 is 5.32 Å². The summed E-state index contributed by atoms with van der Waals surface area (Å²) < 4.78 is 13.8. The Balaban J connectivity index is 2.08. The van der Waals surface area contributed by atoms with Crippen LogP contribution >= 0.6 is 11.6 Å². The second kappa shape index (κ2) is 5.80. The largest absolute Gasteiger partial charge is 0.314 e. The normalized spacial score (nSPS) is 16.2. The van der Waals surface area contributed by atoms with Gasteiger partial charge in [-0.1, -0.05) is 30.7 Å². The molecule has 94 valence electrons. The van der Waals surface area contributed by atoms with Crippen LogP contribution in [0.1, 0.15) is 18.9 Å². The standard InChI is InChI=1S/C13H18ClFN2/c1-2-6-17(11-7-16-8-11)9-10-4-3-5-12(14)13(10)15/h3-5,11,16H,2,6-9H2,1H3. The number of benzene rings is 1. The first-order valence-electron chi connectivity index (χ1n) is 6.10. The Labute approximate surface area is 107 Å². The molecule has 4 heteroatoms. The van der Waals surface area contributed by atoms with E-state index in [1.54, 1.807) is 6.07 Å². The molecule has 0 aromatic heterocycles. The number of halogens is 2. The average molecular weight is 257 g/mol. The fraction of sp³-hybridized carbons (Fsp3) is 0.538. The predicted octanol–water partition coefficient (Wildman–Crippen LogP) is 2.66. The molecule has 1 fully saturated rings. The summed E-state index contributed by atoms with van der Waals surface area (Å²) in [5.74, 6) is -0.275. The molecule has 0 radical (unpaired) electrons. The van der Waals surface area contributed by atoms with Crippen molar-refractivity contribution < 1.29 is 4.39 Å². The molecule has 0 spiro atoms. The van der Waals surface area contributed by atoms with E-state index in [9.17, 15) is 4.39 Å². The van der Waals surface area contributed by atoms with E-state index in [0.717, 1.165) is 26.1 Å². The van der Waals surface area contributed by atoms with Gasteiger partial charge >= 0.3 is 0 Å². The molecule has 0 unspecified atom stereocenters. The van der Waals surface area contributed by atoms with Crippen LogP contribution in [-0.4, -0.2) is 30.6 Å². The summed E-state index contributed by atoms with van der Waals surface area (Å²) in [6.45, 7) is 5.79. The first kappa shape index (κ1) is 12.8. The Kier molecular flexibility index (Phi) is 4.37. The van der Waals surface area contributed by atoms with Gasteiger partial charge in [0.05, 0.1) is 5.02 Å². The Morgan fingerprint density at radius 1 is 1.47 bits per heavy atom. The molecular weight excluding hydrogens is 239 g/mol. The van der Waals surface area contributed by atoms with Crippen molar-refractivity contribution in [1.29, 1.82) is 0 Å². The van der Waals surface area contributed by atoms with Crippen LogP contribution in [0.25, 0.3) is 0 Å². The third kappa shape index (κ3) is 2.97. The maximum absolute atomic E-state index is 13.8. The van der Waals surface area contributed by atoms with Gasteiger partial charge in [0.1, 0.15) is 5.82 Å². The van der Waals surface area contributed by atoms with Gasteiger partial charge in [-0.2, -0.15) is 0 Å². The van der Waals surface area contributed by atoms with Gasteiger partial charge in [0.2, 0.25) is 0 Å². The van der Waals surface area contributed by atoms with Crippen molar-refractivity contribution in [3.05, 3.63) is 34.6 Å². The second-order valence-corrected chi connectivity index (χ2v) is 4.90. The zero-order valence-corrected chi connectivity index (χ0v) is 10.8. The van der Waals surface area contributed by atoms with E-state index in [2.05, 4.69) is 17.1 Å². The van der Waals surface area contributed by atoms with Crippen LogP contribution in [0.2, 0.25) is 5.02 Å². The molecule has 0 saturated carbocycles. The van der Waals surface area contributed by atoms with Gasteiger partial charge in [-0.15, -0.1) is 0 Å². The molecule has 1 aliphatic heterocycles. The van der Waals surface area contributed by atoms with Crippen LogP contribution in [0.3, 0.4) is 0 Å². The second-order valence-electron chi connectivity index (χ2n) is 4.50. The van der Waals surface area contributed by atoms with Crippen LogP contribution in [0, 0.1) is 5.82 Å². The van der Waals surface area contributed by atoms with Crippen molar-refractivity contribution in [3.8, 4) is 0 Å². The zero-order valence-electron chi connectivity index (χ0n) is 10.0. The first-order chi connectivity index (χ1) is 8.22.